The molecular weight excluding hydrogens is 426 g/mol. The van der Waals surface area contributed by atoms with Crippen molar-refractivity contribution in [2.24, 2.45) is 0 Å². The van der Waals surface area contributed by atoms with Gasteiger partial charge in [0.25, 0.3) is 0 Å². The van der Waals surface area contributed by atoms with Crippen LogP contribution < -0.4 is 46.7 Å². The van der Waals surface area contributed by atoms with Crippen LogP contribution in [0.4, 0.5) is 5.69 Å². The quantitative estimate of drug-likeness (QED) is 0.270. The zero-order valence-corrected chi connectivity index (χ0v) is 18.3. The van der Waals surface area contributed by atoms with Crippen LogP contribution in [0, 0.1) is 5.39 Å². The number of halogens is 3. The van der Waals surface area contributed by atoms with E-state index in [1.165, 1.54) is 25.3 Å². The number of rotatable bonds is 6. The van der Waals surface area contributed by atoms with Gasteiger partial charge in [-0.3, -0.25) is 0 Å². The maximum atomic E-state index is 11.9. The van der Waals surface area contributed by atoms with Crippen molar-refractivity contribution in [3.05, 3.63) is 23.2 Å². The van der Waals surface area contributed by atoms with E-state index in [-0.39, 0.29) is 67.3 Å². The van der Waals surface area contributed by atoms with E-state index in [0.29, 0.717) is 12.3 Å². The predicted molar refractivity (Wildman–Crippen MR) is 67.8 cm³/mol. The number of nitrogens with one attached hydrogen (secondary N) is 1. The van der Waals surface area contributed by atoms with Gasteiger partial charge in [0.1, 0.15) is 0 Å². The first-order valence-electron chi connectivity index (χ1n) is 5.58. The van der Waals surface area contributed by atoms with Crippen molar-refractivity contribution in [3.63, 3.8) is 0 Å². The van der Waals surface area contributed by atoms with Crippen LogP contribution in [0.2, 0.25) is 0 Å². The number of benzene rings is 1. The fraction of sp³-hybridized carbons (Fsp3) is 0.455. The molecule has 0 heterocycles. The summed E-state index contributed by atoms with van der Waals surface area (Å²) >= 11 is 0. The van der Waals surface area contributed by atoms with Crippen LogP contribution in [0.5, 0.6) is 5.75 Å². The van der Waals surface area contributed by atoms with Crippen molar-refractivity contribution in [1.82, 2.24) is 4.72 Å². The summed E-state index contributed by atoms with van der Waals surface area (Å²) in [4.78, 5) is 3.04. The second kappa shape index (κ2) is 14.4. The largest absolute Gasteiger partial charge is 2.00 e. The second-order valence-electron chi connectivity index (χ2n) is 3.68. The van der Waals surface area contributed by atoms with Crippen molar-refractivity contribution >= 4 is 15.7 Å². The molecule has 0 aliphatic carbocycles. The molecule has 0 fully saturated rings. The monoisotopic (exact) mass is 439 g/mol. The van der Waals surface area contributed by atoms with Gasteiger partial charge in [0.15, 0.2) is 4.98 Å². The molecule has 1 aromatic rings. The molecule has 1 aromatic carbocycles. The molecule has 0 spiro atoms. The van der Waals surface area contributed by atoms with Gasteiger partial charge in [-0.15, -0.1) is 0 Å². The Morgan fingerprint density at radius 3 is 2.32 bits per heavy atom. The maximum absolute atomic E-state index is 11.9. The van der Waals surface area contributed by atoms with Gasteiger partial charge in [-0.25, -0.2) is 13.1 Å². The summed E-state index contributed by atoms with van der Waals surface area (Å²) in [5, 5.41) is 8.78. The van der Waals surface area contributed by atoms with Gasteiger partial charge in [0.05, 0.1) is 18.1 Å². The molecule has 1 N–H and O–H groups in total. The van der Waals surface area contributed by atoms with Crippen LogP contribution in [-0.2, 0) is 29.5 Å². The molecule has 0 unspecified atom stereocenters. The van der Waals surface area contributed by atoms with Crippen molar-refractivity contribution in [2.45, 2.75) is 24.7 Å². The Labute approximate surface area is 162 Å². The standard InChI is InChI=1S/C11H16N3O3S.3ClH.Zn/c1-3-4-7-13-18(15,16)9-5-6-11(17-2)10(8-9)14-12;;;;/h5-6,8,13H,3-4,7H2,1-2H3;3*1H;/q+1;;;;+2/p-3. The van der Waals surface area contributed by atoms with Crippen LogP contribution in [-0.4, -0.2) is 22.1 Å². The Morgan fingerprint density at radius 2 is 1.86 bits per heavy atom. The molecule has 0 atom stereocenters. The number of hydrogen-bond donors (Lipinski definition) is 1. The average Bonchev–Trinajstić information content (AvgIpc) is 2.38. The molecule has 6 nitrogen and oxygen atoms in total. The van der Waals surface area contributed by atoms with E-state index in [2.05, 4.69) is 9.70 Å². The van der Waals surface area contributed by atoms with Gasteiger partial charge < -0.3 is 42.0 Å². The minimum atomic E-state index is -3.57. The summed E-state index contributed by atoms with van der Waals surface area (Å²) in [6.07, 6.45) is 1.68. The number of sulfonamides is 1. The van der Waals surface area contributed by atoms with Gasteiger partial charge in [0.2, 0.25) is 21.2 Å². The average molecular weight is 442 g/mol. The summed E-state index contributed by atoms with van der Waals surface area (Å²) in [6, 6.07) is 4.11. The zero-order valence-electron chi connectivity index (χ0n) is 12.2. The number of methoxy groups -OCH3 is 1. The van der Waals surface area contributed by atoms with Crippen LogP contribution in [0.1, 0.15) is 19.8 Å². The summed E-state index contributed by atoms with van der Waals surface area (Å²) in [7, 11) is -2.15. The number of diazo groups is 1. The van der Waals surface area contributed by atoms with Gasteiger partial charge in [0, 0.05) is 6.54 Å². The van der Waals surface area contributed by atoms with Crippen LogP contribution >= 0.6 is 0 Å². The first-order valence-corrected chi connectivity index (χ1v) is 7.06. The fourth-order valence-electron chi connectivity index (χ4n) is 1.38. The third-order valence-corrected chi connectivity index (χ3v) is 3.85. The summed E-state index contributed by atoms with van der Waals surface area (Å²) < 4.78 is 31.2. The second-order valence-corrected chi connectivity index (χ2v) is 5.45. The van der Waals surface area contributed by atoms with Gasteiger partial charge in [-0.05, 0) is 18.6 Å². The Morgan fingerprint density at radius 1 is 1.27 bits per heavy atom. The number of nitrogens with zero attached hydrogens (tertiary/aromatic N) is 2. The Kier molecular flexibility index (Phi) is 19.6. The van der Waals surface area contributed by atoms with Crippen molar-refractivity contribution in [3.8, 4) is 5.75 Å². The summed E-state index contributed by atoms with van der Waals surface area (Å²) in [5.74, 6) is 0.310. The Bertz CT molecular complexity index is 567. The summed E-state index contributed by atoms with van der Waals surface area (Å²) in [6.45, 7) is 2.36. The summed E-state index contributed by atoms with van der Waals surface area (Å²) in [5.41, 5.74) is 0.0795. The van der Waals surface area contributed by atoms with Gasteiger partial charge in [-0.2, -0.15) is 0 Å². The fourth-order valence-corrected chi connectivity index (χ4v) is 2.48. The molecule has 0 aliphatic heterocycles. The first kappa shape index (κ1) is 29.8. The molecule has 0 saturated heterocycles. The maximum Gasteiger partial charge on any atom is 2.00 e. The smallest absolute Gasteiger partial charge is 1.00 e. The van der Waals surface area contributed by atoms with E-state index >= 15 is 0 Å². The molecule has 122 valence electrons. The van der Waals surface area contributed by atoms with Crippen LogP contribution in [0.3, 0.4) is 0 Å². The van der Waals surface area contributed by atoms with E-state index in [4.69, 9.17) is 10.1 Å². The molecule has 0 aromatic heterocycles. The molecule has 11 heteroatoms. The molecule has 0 bridgehead atoms. The number of ether oxygens (including phenoxy) is 1. The van der Waals surface area contributed by atoms with Gasteiger partial charge >= 0.3 is 25.2 Å². The molecule has 1 rings (SSSR count). The van der Waals surface area contributed by atoms with Crippen LogP contribution in [0.25, 0.3) is 4.98 Å². The molecule has 22 heavy (non-hydrogen) atoms. The third-order valence-electron chi connectivity index (χ3n) is 2.39. The number of hydrogen-bond acceptors (Lipinski definition) is 4. The van der Waals surface area contributed by atoms with Crippen molar-refractivity contribution in [1.29, 1.82) is 5.39 Å². The predicted octanol–water partition coefficient (Wildman–Crippen LogP) is -6.73. The minimum absolute atomic E-state index is 0. The molecule has 0 amide bonds. The van der Waals surface area contributed by atoms with E-state index < -0.39 is 10.0 Å². The third kappa shape index (κ3) is 8.47. The molecular formula is C11H16Cl3N3O3SZn. The van der Waals surface area contributed by atoms with E-state index in [1.807, 2.05) is 6.92 Å². The molecule has 0 aliphatic rings. The zero-order chi connectivity index (χ0) is 13.6. The minimum Gasteiger partial charge on any atom is -1.00 e. The Hall–Kier alpha value is -0.157. The van der Waals surface area contributed by atoms with E-state index in [0.717, 1.165) is 12.8 Å². The van der Waals surface area contributed by atoms with E-state index in [9.17, 15) is 8.42 Å². The van der Waals surface area contributed by atoms with Gasteiger partial charge in [-0.1, -0.05) is 13.3 Å². The molecule has 0 radical (unpaired) electrons. The van der Waals surface area contributed by atoms with Crippen molar-refractivity contribution < 1.29 is 69.9 Å². The molecule has 0 saturated carbocycles. The first-order chi connectivity index (χ1) is 8.55. The van der Waals surface area contributed by atoms with E-state index in [1.54, 1.807) is 0 Å². The number of unbranched alkanes of at least 4 members (excludes halogenated alkanes) is 1. The topological polar surface area (TPSA) is 83.6 Å². The van der Waals surface area contributed by atoms with Crippen LogP contribution in [0.15, 0.2) is 23.1 Å². The SMILES string of the molecule is CCCCNS(=O)(=O)c1ccc(OC)c([N+]#N)c1.[Cl-].[Cl-].[Cl-].[Zn+2]. The normalized spacial score (nSPS) is 8.95. The Balaban J connectivity index is -0.000000405. The van der Waals surface area contributed by atoms with Crippen molar-refractivity contribution in [2.75, 3.05) is 13.7 Å².